The Labute approximate surface area is 170 Å². The molecule has 5 nitrogen and oxygen atoms in total. The maximum Gasteiger partial charge on any atom is 0.118 e. The van der Waals surface area contributed by atoms with E-state index in [2.05, 4.69) is 66.3 Å². The van der Waals surface area contributed by atoms with E-state index in [0.717, 1.165) is 37.7 Å². The van der Waals surface area contributed by atoms with Crippen LogP contribution in [0.25, 0.3) is 0 Å². The third-order valence-corrected chi connectivity index (χ3v) is 5.69. The van der Waals surface area contributed by atoms with Gasteiger partial charge in [-0.25, -0.2) is 0 Å². The van der Waals surface area contributed by atoms with Crippen LogP contribution in [0.3, 0.4) is 0 Å². The fraction of sp³-hybridized carbons (Fsp3) is 0.609. The minimum absolute atomic E-state index is 0.427. The summed E-state index contributed by atoms with van der Waals surface area (Å²) in [7, 11) is 3.96. The molecule has 1 aliphatic rings. The van der Waals surface area contributed by atoms with Crippen LogP contribution in [0.1, 0.15) is 43.9 Å². The van der Waals surface area contributed by atoms with Gasteiger partial charge in [0.05, 0.1) is 13.3 Å². The summed E-state index contributed by atoms with van der Waals surface area (Å²) >= 11 is 0. The van der Waals surface area contributed by atoms with Gasteiger partial charge in [-0.1, -0.05) is 12.1 Å². The molecule has 154 valence electrons. The second-order valence-electron chi connectivity index (χ2n) is 8.53. The molecular formula is C23H36N4O. The SMILES string of the molecule is COc1ccc(CCN2CCCC(CN(C)Cc3cnn(C(C)C)c3)C2)cc1. The summed E-state index contributed by atoms with van der Waals surface area (Å²) < 4.78 is 7.30. The van der Waals surface area contributed by atoms with Gasteiger partial charge in [-0.05, 0) is 70.3 Å². The second-order valence-corrected chi connectivity index (χ2v) is 8.53. The molecule has 2 heterocycles. The molecule has 5 heteroatoms. The highest BCUT2D eigenvalue weighted by molar-refractivity contribution is 5.27. The Kier molecular flexibility index (Phi) is 7.51. The molecule has 0 radical (unpaired) electrons. The van der Waals surface area contributed by atoms with E-state index in [4.69, 9.17) is 4.74 Å². The second kappa shape index (κ2) is 10.1. The van der Waals surface area contributed by atoms with Crippen LogP contribution in [0.4, 0.5) is 0 Å². The number of piperidine rings is 1. The predicted octanol–water partition coefficient (Wildman–Crippen LogP) is 3.86. The molecule has 1 aliphatic heterocycles. The van der Waals surface area contributed by atoms with Crippen molar-refractivity contribution < 1.29 is 4.74 Å². The summed E-state index contributed by atoms with van der Waals surface area (Å²) in [6, 6.07) is 8.92. The van der Waals surface area contributed by atoms with Crippen molar-refractivity contribution in [3.63, 3.8) is 0 Å². The highest BCUT2D eigenvalue weighted by Crippen LogP contribution is 2.19. The molecule has 0 amide bonds. The van der Waals surface area contributed by atoms with Crippen molar-refractivity contribution >= 4 is 0 Å². The first kappa shape index (κ1) is 20.9. The molecule has 0 saturated carbocycles. The number of ether oxygens (including phenoxy) is 1. The monoisotopic (exact) mass is 384 g/mol. The van der Waals surface area contributed by atoms with Gasteiger partial charge in [-0.15, -0.1) is 0 Å². The Morgan fingerprint density at radius 2 is 2.00 bits per heavy atom. The first-order valence-corrected chi connectivity index (χ1v) is 10.6. The lowest BCUT2D eigenvalue weighted by Gasteiger charge is -2.34. The quantitative estimate of drug-likeness (QED) is 0.657. The lowest BCUT2D eigenvalue weighted by molar-refractivity contribution is 0.142. The zero-order chi connectivity index (χ0) is 19.9. The number of benzene rings is 1. The van der Waals surface area contributed by atoms with Crippen LogP contribution in [0, 0.1) is 5.92 Å². The van der Waals surface area contributed by atoms with Crippen LogP contribution >= 0.6 is 0 Å². The van der Waals surface area contributed by atoms with Crippen molar-refractivity contribution in [1.82, 2.24) is 19.6 Å². The van der Waals surface area contributed by atoms with Crippen LogP contribution in [-0.2, 0) is 13.0 Å². The van der Waals surface area contributed by atoms with E-state index >= 15 is 0 Å². The third kappa shape index (κ3) is 6.08. The number of rotatable bonds is 9. The van der Waals surface area contributed by atoms with Gasteiger partial charge in [-0.3, -0.25) is 4.68 Å². The Morgan fingerprint density at radius 3 is 2.68 bits per heavy atom. The Bertz CT molecular complexity index is 710. The molecule has 3 rings (SSSR count). The van der Waals surface area contributed by atoms with Gasteiger partial charge in [0.2, 0.25) is 0 Å². The van der Waals surface area contributed by atoms with Crippen LogP contribution < -0.4 is 4.74 Å². The molecule has 28 heavy (non-hydrogen) atoms. The maximum absolute atomic E-state index is 5.25. The van der Waals surface area contributed by atoms with Gasteiger partial charge >= 0.3 is 0 Å². The zero-order valence-electron chi connectivity index (χ0n) is 18.0. The van der Waals surface area contributed by atoms with Gasteiger partial charge in [0.25, 0.3) is 0 Å². The number of hydrogen-bond acceptors (Lipinski definition) is 4. The molecular weight excluding hydrogens is 348 g/mol. The average Bonchev–Trinajstić information content (AvgIpc) is 3.16. The lowest BCUT2D eigenvalue weighted by Crippen LogP contribution is -2.40. The number of likely N-dealkylation sites (tertiary alicyclic amines) is 1. The molecule has 1 unspecified atom stereocenters. The van der Waals surface area contributed by atoms with E-state index in [1.165, 1.54) is 37.1 Å². The zero-order valence-corrected chi connectivity index (χ0v) is 18.0. The lowest BCUT2D eigenvalue weighted by atomic mass is 9.97. The summed E-state index contributed by atoms with van der Waals surface area (Å²) in [5.74, 6) is 1.69. The number of aromatic nitrogens is 2. The van der Waals surface area contributed by atoms with E-state index in [9.17, 15) is 0 Å². The number of nitrogens with zero attached hydrogens (tertiary/aromatic N) is 4. The molecule has 0 bridgehead atoms. The standard InChI is InChI=1S/C23H36N4O/c1-19(2)27-18-22(14-24-27)16-25(3)15-21-6-5-12-26(17-21)13-11-20-7-9-23(28-4)10-8-20/h7-10,14,18-19,21H,5-6,11-13,15-17H2,1-4H3. The van der Waals surface area contributed by atoms with E-state index in [1.54, 1.807) is 7.11 Å². The molecule has 1 aromatic carbocycles. The van der Waals surface area contributed by atoms with Gasteiger partial charge in [0.15, 0.2) is 0 Å². The first-order valence-electron chi connectivity index (χ1n) is 10.6. The normalized spacial score (nSPS) is 18.1. The van der Waals surface area contributed by atoms with Gasteiger partial charge in [0, 0.05) is 44.0 Å². The van der Waals surface area contributed by atoms with Crippen molar-refractivity contribution in [2.75, 3.05) is 40.3 Å². The Morgan fingerprint density at radius 1 is 1.21 bits per heavy atom. The van der Waals surface area contributed by atoms with E-state index in [1.807, 2.05) is 10.9 Å². The highest BCUT2D eigenvalue weighted by Gasteiger charge is 2.21. The highest BCUT2D eigenvalue weighted by atomic mass is 16.5. The van der Waals surface area contributed by atoms with E-state index in [0.29, 0.717) is 6.04 Å². The van der Waals surface area contributed by atoms with Crippen LogP contribution in [0.2, 0.25) is 0 Å². The maximum atomic E-state index is 5.25. The third-order valence-electron chi connectivity index (χ3n) is 5.69. The smallest absolute Gasteiger partial charge is 0.118 e. The number of hydrogen-bond donors (Lipinski definition) is 0. The summed E-state index contributed by atoms with van der Waals surface area (Å²) in [5.41, 5.74) is 2.70. The summed E-state index contributed by atoms with van der Waals surface area (Å²) in [6.07, 6.45) is 7.96. The van der Waals surface area contributed by atoms with Crippen LogP contribution in [0.15, 0.2) is 36.7 Å². The Hall–Kier alpha value is -1.85. The van der Waals surface area contributed by atoms with Crippen LogP contribution in [0.5, 0.6) is 5.75 Å². The van der Waals surface area contributed by atoms with Crippen molar-refractivity contribution in [2.45, 2.75) is 45.7 Å². The van der Waals surface area contributed by atoms with E-state index < -0.39 is 0 Å². The largest absolute Gasteiger partial charge is 0.497 e. The van der Waals surface area contributed by atoms with Gasteiger partial charge in [-0.2, -0.15) is 5.10 Å². The minimum atomic E-state index is 0.427. The molecule has 0 N–H and O–H groups in total. The Balaban J connectivity index is 1.43. The molecule has 2 aromatic rings. The topological polar surface area (TPSA) is 33.5 Å². The minimum Gasteiger partial charge on any atom is -0.497 e. The summed E-state index contributed by atoms with van der Waals surface area (Å²) in [5, 5.41) is 4.47. The first-order chi connectivity index (χ1) is 13.5. The summed E-state index contributed by atoms with van der Waals surface area (Å²) in [6.45, 7) is 10.1. The fourth-order valence-corrected chi connectivity index (χ4v) is 4.14. The summed E-state index contributed by atoms with van der Waals surface area (Å²) in [4.78, 5) is 5.10. The van der Waals surface area contributed by atoms with Crippen LogP contribution in [-0.4, -0.2) is 59.9 Å². The van der Waals surface area contributed by atoms with Crippen molar-refractivity contribution in [1.29, 1.82) is 0 Å². The molecule has 0 spiro atoms. The molecule has 1 aromatic heterocycles. The molecule has 1 fully saturated rings. The van der Waals surface area contributed by atoms with Gasteiger partial charge < -0.3 is 14.5 Å². The molecule has 1 atom stereocenters. The van der Waals surface area contributed by atoms with Gasteiger partial charge in [0.1, 0.15) is 5.75 Å². The average molecular weight is 385 g/mol. The van der Waals surface area contributed by atoms with E-state index in [-0.39, 0.29) is 0 Å². The fourth-order valence-electron chi connectivity index (χ4n) is 4.14. The molecule has 1 saturated heterocycles. The predicted molar refractivity (Wildman–Crippen MR) is 115 cm³/mol. The number of methoxy groups -OCH3 is 1. The van der Waals surface area contributed by atoms with Crippen molar-refractivity contribution in [2.24, 2.45) is 5.92 Å². The molecule has 0 aliphatic carbocycles. The van der Waals surface area contributed by atoms with Crippen molar-refractivity contribution in [3.8, 4) is 5.75 Å². The van der Waals surface area contributed by atoms with Crippen molar-refractivity contribution in [3.05, 3.63) is 47.8 Å².